The van der Waals surface area contributed by atoms with Crippen molar-refractivity contribution in [2.24, 2.45) is 0 Å². The average molecular weight is 286 g/mol. The molecule has 103 valence electrons. The van der Waals surface area contributed by atoms with Crippen molar-refractivity contribution >= 4 is 10.0 Å². The highest BCUT2D eigenvalue weighted by atomic mass is 32.2. The lowest BCUT2D eigenvalue weighted by atomic mass is 9.93. The normalized spacial score (nSPS) is 17.9. The highest BCUT2D eigenvalue weighted by molar-refractivity contribution is 7.89. The zero-order valence-corrected chi connectivity index (χ0v) is 12.1. The van der Waals surface area contributed by atoms with E-state index in [1.54, 1.807) is 18.2 Å². The highest BCUT2D eigenvalue weighted by Gasteiger charge is 2.28. The van der Waals surface area contributed by atoms with E-state index in [-0.39, 0.29) is 5.92 Å². The number of aryl methyl sites for hydroxylation is 1. The largest absolute Gasteiger partial charge is 0.240 e. The molecular weight excluding hydrogens is 270 g/mol. The van der Waals surface area contributed by atoms with Crippen molar-refractivity contribution in [2.75, 3.05) is 7.05 Å². The SMILES string of the molecule is CNS(=O)(=O)c1ccc[c]c1C1CCc2ccccc21. The van der Waals surface area contributed by atoms with Crippen molar-refractivity contribution in [3.05, 3.63) is 65.2 Å². The van der Waals surface area contributed by atoms with Gasteiger partial charge in [0, 0.05) is 5.92 Å². The van der Waals surface area contributed by atoms with Crippen molar-refractivity contribution in [3.8, 4) is 0 Å². The Hall–Kier alpha value is -1.65. The number of benzene rings is 2. The average Bonchev–Trinajstić information content (AvgIpc) is 2.91. The van der Waals surface area contributed by atoms with Gasteiger partial charge in [0.15, 0.2) is 0 Å². The summed E-state index contributed by atoms with van der Waals surface area (Å²) in [6.45, 7) is 0. The van der Waals surface area contributed by atoms with Crippen LogP contribution >= 0.6 is 0 Å². The van der Waals surface area contributed by atoms with E-state index in [2.05, 4.69) is 22.9 Å². The molecule has 0 spiro atoms. The molecule has 1 radical (unpaired) electrons. The summed E-state index contributed by atoms with van der Waals surface area (Å²) in [5.74, 6) is 0.116. The quantitative estimate of drug-likeness (QED) is 0.942. The van der Waals surface area contributed by atoms with Gasteiger partial charge in [-0.05, 0) is 48.7 Å². The number of sulfonamides is 1. The summed E-state index contributed by atoms with van der Waals surface area (Å²) in [5.41, 5.74) is 3.30. The summed E-state index contributed by atoms with van der Waals surface area (Å²) in [4.78, 5) is 0.337. The Bertz CT molecular complexity index is 738. The van der Waals surface area contributed by atoms with Crippen LogP contribution in [0.25, 0.3) is 0 Å². The third-order valence-electron chi connectivity index (χ3n) is 3.89. The van der Waals surface area contributed by atoms with E-state index >= 15 is 0 Å². The van der Waals surface area contributed by atoms with Gasteiger partial charge >= 0.3 is 0 Å². The van der Waals surface area contributed by atoms with Crippen molar-refractivity contribution in [2.45, 2.75) is 23.7 Å². The Morgan fingerprint density at radius 3 is 2.80 bits per heavy atom. The van der Waals surface area contributed by atoms with E-state index < -0.39 is 10.0 Å². The number of hydrogen-bond donors (Lipinski definition) is 1. The fourth-order valence-electron chi connectivity index (χ4n) is 2.91. The zero-order chi connectivity index (χ0) is 14.2. The minimum atomic E-state index is -3.45. The van der Waals surface area contributed by atoms with Gasteiger partial charge in [-0.3, -0.25) is 0 Å². The lowest BCUT2D eigenvalue weighted by Crippen LogP contribution is -2.21. The first-order valence-electron chi connectivity index (χ1n) is 6.65. The summed E-state index contributed by atoms with van der Waals surface area (Å²) in [6, 6.07) is 16.5. The molecule has 1 atom stereocenters. The van der Waals surface area contributed by atoms with E-state index in [1.807, 2.05) is 12.1 Å². The standard InChI is InChI=1S/C16H16NO2S/c1-17-20(18,19)16-9-5-4-8-15(16)14-11-10-12-6-2-3-7-13(12)14/h2-7,9,14,17H,10-11H2,1H3. The van der Waals surface area contributed by atoms with Gasteiger partial charge in [-0.1, -0.05) is 36.4 Å². The number of fused-ring (bicyclic) bond motifs is 1. The summed E-state index contributed by atoms with van der Waals surface area (Å²) in [6.07, 6.45) is 1.93. The molecule has 1 aliphatic carbocycles. The molecule has 0 saturated heterocycles. The van der Waals surface area contributed by atoms with E-state index in [0.29, 0.717) is 4.90 Å². The molecule has 0 aromatic heterocycles. The topological polar surface area (TPSA) is 46.2 Å². The Morgan fingerprint density at radius 1 is 1.20 bits per heavy atom. The van der Waals surface area contributed by atoms with Crippen LogP contribution in [-0.4, -0.2) is 15.5 Å². The Balaban J connectivity index is 2.14. The monoisotopic (exact) mass is 286 g/mol. The second kappa shape index (κ2) is 5.04. The molecular formula is C16H16NO2S. The summed E-state index contributed by atoms with van der Waals surface area (Å²) in [7, 11) is -2.01. The highest BCUT2D eigenvalue weighted by Crippen LogP contribution is 2.39. The predicted octanol–water partition coefficient (Wildman–Crippen LogP) is 2.47. The van der Waals surface area contributed by atoms with Crippen LogP contribution in [0.4, 0.5) is 0 Å². The summed E-state index contributed by atoms with van der Waals surface area (Å²) in [5, 5.41) is 0. The van der Waals surface area contributed by atoms with Gasteiger partial charge in [0.05, 0.1) is 4.90 Å². The molecule has 3 nitrogen and oxygen atoms in total. The second-order valence-electron chi connectivity index (χ2n) is 4.95. The number of hydrogen-bond acceptors (Lipinski definition) is 2. The Kier molecular flexibility index (Phi) is 3.36. The molecule has 0 aliphatic heterocycles. The maximum absolute atomic E-state index is 12.2. The first-order chi connectivity index (χ1) is 9.63. The lowest BCUT2D eigenvalue weighted by Gasteiger charge is -2.16. The molecule has 0 amide bonds. The second-order valence-corrected chi connectivity index (χ2v) is 6.80. The molecule has 0 bridgehead atoms. The molecule has 0 heterocycles. The fourth-order valence-corrected chi connectivity index (χ4v) is 3.88. The van der Waals surface area contributed by atoms with Crippen molar-refractivity contribution in [1.29, 1.82) is 0 Å². The molecule has 4 heteroatoms. The number of nitrogens with one attached hydrogen (secondary N) is 1. The third kappa shape index (κ3) is 2.15. The van der Waals surface area contributed by atoms with Gasteiger partial charge in [0.25, 0.3) is 0 Å². The molecule has 1 N–H and O–H groups in total. The van der Waals surface area contributed by atoms with Crippen LogP contribution < -0.4 is 4.72 Å². The first kappa shape index (κ1) is 13.3. The first-order valence-corrected chi connectivity index (χ1v) is 8.14. The van der Waals surface area contributed by atoms with Crippen LogP contribution in [0.15, 0.2) is 47.4 Å². The van der Waals surface area contributed by atoms with Gasteiger partial charge < -0.3 is 0 Å². The molecule has 20 heavy (non-hydrogen) atoms. The number of rotatable bonds is 3. The fraction of sp³-hybridized carbons (Fsp3) is 0.250. The van der Waals surface area contributed by atoms with Crippen molar-refractivity contribution < 1.29 is 8.42 Å². The summed E-state index contributed by atoms with van der Waals surface area (Å²) < 4.78 is 26.7. The minimum absolute atomic E-state index is 0.116. The van der Waals surface area contributed by atoms with Gasteiger partial charge in [0.1, 0.15) is 0 Å². The van der Waals surface area contributed by atoms with Crippen LogP contribution in [0.2, 0.25) is 0 Å². The third-order valence-corrected chi connectivity index (χ3v) is 5.36. The smallest absolute Gasteiger partial charge is 0.214 e. The minimum Gasteiger partial charge on any atom is -0.214 e. The maximum atomic E-state index is 12.2. The Labute approximate surface area is 119 Å². The van der Waals surface area contributed by atoms with Crippen LogP contribution in [-0.2, 0) is 16.4 Å². The van der Waals surface area contributed by atoms with Crippen LogP contribution in [0.1, 0.15) is 29.0 Å². The molecule has 1 unspecified atom stereocenters. The maximum Gasteiger partial charge on any atom is 0.240 e. The van der Waals surface area contributed by atoms with E-state index in [0.717, 1.165) is 18.4 Å². The molecule has 0 fully saturated rings. The van der Waals surface area contributed by atoms with Crippen LogP contribution in [0, 0.1) is 6.07 Å². The van der Waals surface area contributed by atoms with Crippen molar-refractivity contribution in [3.63, 3.8) is 0 Å². The van der Waals surface area contributed by atoms with Gasteiger partial charge in [-0.15, -0.1) is 0 Å². The lowest BCUT2D eigenvalue weighted by molar-refractivity contribution is 0.585. The van der Waals surface area contributed by atoms with Crippen LogP contribution in [0.5, 0.6) is 0 Å². The predicted molar refractivity (Wildman–Crippen MR) is 78.1 cm³/mol. The van der Waals surface area contributed by atoms with E-state index in [1.165, 1.54) is 18.2 Å². The van der Waals surface area contributed by atoms with Gasteiger partial charge in [-0.25, -0.2) is 13.1 Å². The molecule has 2 aromatic rings. The van der Waals surface area contributed by atoms with E-state index in [4.69, 9.17) is 0 Å². The van der Waals surface area contributed by atoms with Gasteiger partial charge in [-0.2, -0.15) is 0 Å². The molecule has 3 rings (SSSR count). The van der Waals surface area contributed by atoms with E-state index in [9.17, 15) is 8.42 Å². The van der Waals surface area contributed by atoms with Crippen molar-refractivity contribution in [1.82, 2.24) is 4.72 Å². The zero-order valence-electron chi connectivity index (χ0n) is 11.3. The molecule has 1 aliphatic rings. The summed E-state index contributed by atoms with van der Waals surface area (Å²) >= 11 is 0. The van der Waals surface area contributed by atoms with Gasteiger partial charge in [0.2, 0.25) is 10.0 Å². The molecule has 0 saturated carbocycles. The Morgan fingerprint density at radius 2 is 2.00 bits per heavy atom. The van der Waals surface area contributed by atoms with Crippen LogP contribution in [0.3, 0.4) is 0 Å². The molecule has 2 aromatic carbocycles.